The molecule has 0 aromatic heterocycles. The van der Waals surface area contributed by atoms with Gasteiger partial charge in [-0.1, -0.05) is 6.08 Å². The van der Waals surface area contributed by atoms with Crippen LogP contribution in [0.5, 0.6) is 0 Å². The summed E-state index contributed by atoms with van der Waals surface area (Å²) in [6, 6.07) is 3.58. The summed E-state index contributed by atoms with van der Waals surface area (Å²) in [5.41, 5.74) is 0.403. The zero-order valence-electron chi connectivity index (χ0n) is 6.71. The minimum atomic E-state index is -0.547. The first-order chi connectivity index (χ1) is 6.27. The fourth-order valence-corrected chi connectivity index (χ4v) is 1.91. The molecule has 0 saturated carbocycles. The van der Waals surface area contributed by atoms with Crippen molar-refractivity contribution in [1.82, 2.24) is 0 Å². The number of anilines is 1. The van der Waals surface area contributed by atoms with E-state index in [1.54, 1.807) is 10.5 Å². The minimum Gasteiger partial charge on any atom is -0.289 e. The lowest BCUT2D eigenvalue weighted by molar-refractivity contribution is 0.585. The summed E-state index contributed by atoms with van der Waals surface area (Å²) < 4.78 is 27.4. The fraction of sp³-hybridized carbons (Fsp3) is 0.111. The zero-order chi connectivity index (χ0) is 9.26. The van der Waals surface area contributed by atoms with Crippen LogP contribution in [0.15, 0.2) is 30.5 Å². The smallest absolute Gasteiger partial charge is 0.150 e. The highest BCUT2D eigenvalue weighted by atomic mass is 32.2. The number of nitrogens with zero attached hydrogens (tertiary/aromatic N) is 1. The maximum Gasteiger partial charge on any atom is 0.150 e. The molecule has 0 spiro atoms. The van der Waals surface area contributed by atoms with E-state index in [4.69, 9.17) is 0 Å². The van der Waals surface area contributed by atoms with Crippen LogP contribution in [0.1, 0.15) is 0 Å². The first kappa shape index (κ1) is 8.56. The molecular weight excluding hydrogens is 192 g/mol. The van der Waals surface area contributed by atoms with Crippen molar-refractivity contribution in [2.75, 3.05) is 10.1 Å². The van der Waals surface area contributed by atoms with Crippen LogP contribution < -0.4 is 4.31 Å². The van der Waals surface area contributed by atoms with E-state index in [2.05, 4.69) is 0 Å². The van der Waals surface area contributed by atoms with E-state index in [0.29, 0.717) is 5.69 Å². The second-order valence-corrected chi connectivity index (χ2v) is 3.59. The van der Waals surface area contributed by atoms with Crippen LogP contribution in [-0.2, 0) is 0 Å². The molecule has 4 heteroatoms. The van der Waals surface area contributed by atoms with Gasteiger partial charge in [0, 0.05) is 18.0 Å². The lowest BCUT2D eigenvalue weighted by Crippen LogP contribution is -2.03. The van der Waals surface area contributed by atoms with Gasteiger partial charge in [-0.2, -0.15) is 0 Å². The van der Waals surface area contributed by atoms with Crippen LogP contribution in [-0.4, -0.2) is 5.75 Å². The zero-order valence-corrected chi connectivity index (χ0v) is 7.52. The molecule has 0 amide bonds. The quantitative estimate of drug-likeness (QED) is 0.640. The van der Waals surface area contributed by atoms with E-state index >= 15 is 0 Å². The molecule has 0 unspecified atom stereocenters. The van der Waals surface area contributed by atoms with Gasteiger partial charge in [-0.3, -0.25) is 4.31 Å². The van der Waals surface area contributed by atoms with Gasteiger partial charge in [0.15, 0.2) is 5.82 Å². The van der Waals surface area contributed by atoms with Crippen molar-refractivity contribution in [1.29, 1.82) is 0 Å². The van der Waals surface area contributed by atoms with Crippen LogP contribution in [0, 0.1) is 11.6 Å². The molecule has 0 bridgehead atoms. The second kappa shape index (κ2) is 3.38. The molecule has 0 radical (unpaired) electrons. The molecule has 0 fully saturated rings. The number of hydrogen-bond acceptors (Lipinski definition) is 2. The predicted octanol–water partition coefficient (Wildman–Crippen LogP) is 2.95. The van der Waals surface area contributed by atoms with E-state index in [0.717, 1.165) is 11.8 Å². The highest BCUT2D eigenvalue weighted by Crippen LogP contribution is 2.29. The molecule has 0 N–H and O–H groups in total. The average Bonchev–Trinajstić information content (AvgIpc) is 2.56. The van der Waals surface area contributed by atoms with Crippen LogP contribution in [0.2, 0.25) is 0 Å². The standard InChI is InChI=1S/C9H7F2NS/c10-7-2-3-9(8(11)6-7)12-4-1-5-13-12/h1-4,6H,5H2. The third-order valence-electron chi connectivity index (χ3n) is 1.70. The van der Waals surface area contributed by atoms with Gasteiger partial charge in [0.25, 0.3) is 0 Å². The Morgan fingerprint density at radius 1 is 1.31 bits per heavy atom. The number of hydrogen-bond donors (Lipinski definition) is 0. The van der Waals surface area contributed by atoms with Crippen LogP contribution >= 0.6 is 11.9 Å². The Labute approximate surface area is 79.2 Å². The van der Waals surface area contributed by atoms with E-state index < -0.39 is 11.6 Å². The molecule has 0 saturated heterocycles. The summed E-state index contributed by atoms with van der Waals surface area (Å²) in [5.74, 6) is -0.245. The molecule has 13 heavy (non-hydrogen) atoms. The van der Waals surface area contributed by atoms with Gasteiger partial charge in [-0.15, -0.1) is 0 Å². The molecular formula is C9H7F2NS. The van der Waals surface area contributed by atoms with Gasteiger partial charge < -0.3 is 0 Å². The van der Waals surface area contributed by atoms with Gasteiger partial charge in [-0.25, -0.2) is 8.78 Å². The summed E-state index contributed by atoms with van der Waals surface area (Å²) >= 11 is 1.48. The summed E-state index contributed by atoms with van der Waals surface area (Å²) in [6.07, 6.45) is 3.70. The summed E-state index contributed by atoms with van der Waals surface area (Å²) in [4.78, 5) is 0. The molecule has 0 atom stereocenters. The summed E-state index contributed by atoms with van der Waals surface area (Å²) in [7, 11) is 0. The van der Waals surface area contributed by atoms with Gasteiger partial charge in [0.1, 0.15) is 5.82 Å². The number of benzene rings is 1. The van der Waals surface area contributed by atoms with Gasteiger partial charge in [0.05, 0.1) is 5.69 Å². The van der Waals surface area contributed by atoms with Gasteiger partial charge in [-0.05, 0) is 24.1 Å². The van der Waals surface area contributed by atoms with Gasteiger partial charge in [0.2, 0.25) is 0 Å². The van der Waals surface area contributed by atoms with E-state index in [1.807, 2.05) is 6.08 Å². The van der Waals surface area contributed by atoms with Gasteiger partial charge >= 0.3 is 0 Å². The molecule has 2 rings (SSSR count). The van der Waals surface area contributed by atoms with Crippen LogP contribution in [0.4, 0.5) is 14.5 Å². The minimum absolute atomic E-state index is 0.403. The molecule has 1 aromatic carbocycles. The Bertz CT molecular complexity index is 351. The fourth-order valence-electron chi connectivity index (χ4n) is 1.11. The SMILES string of the molecule is Fc1ccc(N2C=CCS2)c(F)c1. The Hall–Kier alpha value is -1.03. The summed E-state index contributed by atoms with van der Waals surface area (Å²) in [6.45, 7) is 0. The van der Waals surface area contributed by atoms with Crippen molar-refractivity contribution in [2.24, 2.45) is 0 Å². The molecule has 1 aliphatic rings. The average molecular weight is 199 g/mol. The van der Waals surface area contributed by atoms with Crippen LogP contribution in [0.3, 0.4) is 0 Å². The molecule has 1 aliphatic heterocycles. The van der Waals surface area contributed by atoms with Crippen LogP contribution in [0.25, 0.3) is 0 Å². The lowest BCUT2D eigenvalue weighted by atomic mass is 10.3. The number of halogens is 2. The number of rotatable bonds is 1. The molecule has 1 heterocycles. The third-order valence-corrected chi connectivity index (χ3v) is 2.64. The van der Waals surface area contributed by atoms with Crippen molar-refractivity contribution in [2.45, 2.75) is 0 Å². The Morgan fingerprint density at radius 3 is 2.77 bits per heavy atom. The largest absolute Gasteiger partial charge is 0.289 e. The molecule has 1 aromatic rings. The molecule has 68 valence electrons. The van der Waals surface area contributed by atoms with E-state index in [9.17, 15) is 8.78 Å². The Morgan fingerprint density at radius 2 is 2.15 bits per heavy atom. The first-order valence-electron chi connectivity index (χ1n) is 3.81. The van der Waals surface area contributed by atoms with Crippen molar-refractivity contribution in [3.63, 3.8) is 0 Å². The predicted molar refractivity (Wildman–Crippen MR) is 50.4 cm³/mol. The lowest BCUT2D eigenvalue weighted by Gasteiger charge is -2.14. The van der Waals surface area contributed by atoms with E-state index in [1.165, 1.54) is 24.1 Å². The van der Waals surface area contributed by atoms with Crippen molar-refractivity contribution in [3.05, 3.63) is 42.1 Å². The van der Waals surface area contributed by atoms with E-state index in [-0.39, 0.29) is 0 Å². The summed E-state index contributed by atoms with van der Waals surface area (Å²) in [5, 5.41) is 0. The maximum absolute atomic E-state index is 13.2. The van der Waals surface area contributed by atoms with Crippen molar-refractivity contribution < 1.29 is 8.78 Å². The van der Waals surface area contributed by atoms with Crippen molar-refractivity contribution >= 4 is 17.6 Å². The Balaban J connectivity index is 2.34. The normalized spacial score (nSPS) is 15.4. The first-order valence-corrected chi connectivity index (χ1v) is 4.75. The Kier molecular flexibility index (Phi) is 2.22. The monoisotopic (exact) mass is 199 g/mol. The highest BCUT2D eigenvalue weighted by molar-refractivity contribution is 8.01. The maximum atomic E-state index is 13.2. The second-order valence-electron chi connectivity index (χ2n) is 2.60. The topological polar surface area (TPSA) is 3.24 Å². The van der Waals surface area contributed by atoms with Crippen molar-refractivity contribution in [3.8, 4) is 0 Å². The molecule has 0 aliphatic carbocycles. The molecule has 1 nitrogen and oxygen atoms in total. The highest BCUT2D eigenvalue weighted by Gasteiger charge is 2.12. The third kappa shape index (κ3) is 1.67.